The van der Waals surface area contributed by atoms with E-state index in [9.17, 15) is 14.4 Å². The first-order chi connectivity index (χ1) is 11.0. The molecule has 0 aromatic heterocycles. The summed E-state index contributed by atoms with van der Waals surface area (Å²) in [4.78, 5) is 36.2. The van der Waals surface area contributed by atoms with E-state index in [1.54, 1.807) is 31.3 Å². The van der Waals surface area contributed by atoms with Crippen LogP contribution in [0.4, 0.5) is 5.69 Å². The zero-order valence-electron chi connectivity index (χ0n) is 12.9. The molecule has 1 fully saturated rings. The highest BCUT2D eigenvalue weighted by Crippen LogP contribution is 2.17. The third-order valence-electron chi connectivity index (χ3n) is 3.61. The van der Waals surface area contributed by atoms with Crippen molar-refractivity contribution in [3.63, 3.8) is 0 Å². The molecule has 0 radical (unpaired) electrons. The van der Waals surface area contributed by atoms with Crippen LogP contribution in [-0.2, 0) is 14.3 Å². The van der Waals surface area contributed by atoms with Gasteiger partial charge in [-0.1, -0.05) is 6.07 Å². The number of rotatable bonds is 6. The molecule has 1 aliphatic rings. The number of aliphatic carboxylic acids is 1. The molecule has 1 aliphatic heterocycles. The van der Waals surface area contributed by atoms with E-state index in [-0.39, 0.29) is 24.8 Å². The Morgan fingerprint density at radius 2 is 2.17 bits per heavy atom. The van der Waals surface area contributed by atoms with Crippen molar-refractivity contribution in [2.75, 3.05) is 25.5 Å². The molecule has 1 aromatic carbocycles. The normalized spacial score (nSPS) is 16.8. The summed E-state index contributed by atoms with van der Waals surface area (Å²) in [6.45, 7) is 0.714. The topological polar surface area (TPSA) is 95.9 Å². The molecule has 1 atom stereocenters. The Kier molecular flexibility index (Phi) is 5.70. The Bertz CT molecular complexity index is 596. The van der Waals surface area contributed by atoms with E-state index in [1.165, 1.54) is 4.90 Å². The maximum Gasteiger partial charge on any atom is 0.305 e. The number of ether oxygens (including phenoxy) is 1. The van der Waals surface area contributed by atoms with Crippen LogP contribution in [0.2, 0.25) is 0 Å². The van der Waals surface area contributed by atoms with Crippen molar-refractivity contribution in [2.24, 2.45) is 0 Å². The number of nitrogens with one attached hydrogen (secondary N) is 1. The number of anilines is 1. The van der Waals surface area contributed by atoms with Crippen LogP contribution in [0.15, 0.2) is 24.3 Å². The number of benzene rings is 1. The van der Waals surface area contributed by atoms with Crippen molar-refractivity contribution in [3.8, 4) is 0 Å². The molecule has 1 aromatic rings. The second kappa shape index (κ2) is 7.73. The van der Waals surface area contributed by atoms with E-state index in [1.807, 2.05) is 0 Å². The fourth-order valence-electron chi connectivity index (χ4n) is 2.32. The molecule has 2 N–H and O–H groups in total. The molecule has 0 bridgehead atoms. The van der Waals surface area contributed by atoms with Gasteiger partial charge in [-0.15, -0.1) is 0 Å². The molecular weight excluding hydrogens is 300 g/mol. The van der Waals surface area contributed by atoms with Crippen molar-refractivity contribution in [3.05, 3.63) is 29.8 Å². The monoisotopic (exact) mass is 320 g/mol. The molecule has 1 unspecified atom stereocenters. The van der Waals surface area contributed by atoms with Gasteiger partial charge in [-0.3, -0.25) is 14.4 Å². The van der Waals surface area contributed by atoms with Gasteiger partial charge in [0.1, 0.15) is 6.10 Å². The number of hydrogen-bond acceptors (Lipinski definition) is 4. The summed E-state index contributed by atoms with van der Waals surface area (Å²) >= 11 is 0. The number of nitrogens with zero attached hydrogens (tertiary/aromatic N) is 1. The lowest BCUT2D eigenvalue weighted by Gasteiger charge is -2.17. The van der Waals surface area contributed by atoms with Gasteiger partial charge < -0.3 is 20.1 Å². The minimum absolute atomic E-state index is 0.113. The van der Waals surface area contributed by atoms with Crippen LogP contribution in [0.1, 0.15) is 29.6 Å². The summed E-state index contributed by atoms with van der Waals surface area (Å²) in [5, 5.41) is 11.4. The zero-order chi connectivity index (χ0) is 16.8. The maximum atomic E-state index is 12.2. The SMILES string of the molecule is CN(CCC(=O)O)C(=O)c1cccc(NC(=O)C2CCCO2)c1. The molecule has 23 heavy (non-hydrogen) atoms. The highest BCUT2D eigenvalue weighted by Gasteiger charge is 2.23. The third kappa shape index (κ3) is 4.79. The van der Waals surface area contributed by atoms with Gasteiger partial charge in [0, 0.05) is 31.5 Å². The smallest absolute Gasteiger partial charge is 0.305 e. The van der Waals surface area contributed by atoms with Gasteiger partial charge in [0.2, 0.25) is 0 Å². The van der Waals surface area contributed by atoms with Crippen LogP contribution in [-0.4, -0.2) is 54.1 Å². The van der Waals surface area contributed by atoms with Crippen LogP contribution < -0.4 is 5.32 Å². The first-order valence-electron chi connectivity index (χ1n) is 7.47. The largest absolute Gasteiger partial charge is 0.481 e. The summed E-state index contributed by atoms with van der Waals surface area (Å²) < 4.78 is 5.31. The average Bonchev–Trinajstić information content (AvgIpc) is 3.06. The van der Waals surface area contributed by atoms with Crippen molar-refractivity contribution in [1.82, 2.24) is 4.90 Å². The standard InChI is InChI=1S/C16H20N2O5/c1-18(8-7-14(19)20)16(22)11-4-2-5-12(10-11)17-15(21)13-6-3-9-23-13/h2,4-5,10,13H,3,6-9H2,1H3,(H,17,21)(H,19,20). The Balaban J connectivity index is 1.99. The summed E-state index contributed by atoms with van der Waals surface area (Å²) in [5.74, 6) is -1.46. The third-order valence-corrected chi connectivity index (χ3v) is 3.61. The Morgan fingerprint density at radius 1 is 1.39 bits per heavy atom. The molecule has 7 nitrogen and oxygen atoms in total. The lowest BCUT2D eigenvalue weighted by Crippen LogP contribution is -2.29. The summed E-state index contributed by atoms with van der Waals surface area (Å²) in [7, 11) is 1.54. The summed E-state index contributed by atoms with van der Waals surface area (Å²) in [5.41, 5.74) is 0.908. The van der Waals surface area contributed by atoms with Crippen LogP contribution in [0.5, 0.6) is 0 Å². The number of hydrogen-bond donors (Lipinski definition) is 2. The van der Waals surface area contributed by atoms with Gasteiger partial charge in [-0.2, -0.15) is 0 Å². The predicted molar refractivity (Wildman–Crippen MR) is 83.3 cm³/mol. The Labute approximate surface area is 134 Å². The highest BCUT2D eigenvalue weighted by molar-refractivity contribution is 5.98. The highest BCUT2D eigenvalue weighted by atomic mass is 16.5. The summed E-state index contributed by atoms with van der Waals surface area (Å²) in [6, 6.07) is 6.57. The Hall–Kier alpha value is -2.41. The van der Waals surface area contributed by atoms with Gasteiger partial charge in [0.05, 0.1) is 6.42 Å². The second-order valence-corrected chi connectivity index (χ2v) is 5.44. The minimum atomic E-state index is -0.956. The molecule has 2 rings (SSSR count). The number of carbonyl (C=O) groups is 3. The number of amides is 2. The van der Waals surface area contributed by atoms with Gasteiger partial charge in [0.25, 0.3) is 11.8 Å². The lowest BCUT2D eigenvalue weighted by molar-refractivity contribution is -0.137. The fourth-order valence-corrected chi connectivity index (χ4v) is 2.32. The van der Waals surface area contributed by atoms with E-state index >= 15 is 0 Å². The molecule has 7 heteroatoms. The fraction of sp³-hybridized carbons (Fsp3) is 0.438. The van der Waals surface area contributed by atoms with Crippen LogP contribution in [0.3, 0.4) is 0 Å². The molecule has 2 amide bonds. The van der Waals surface area contributed by atoms with Crippen LogP contribution in [0, 0.1) is 0 Å². The van der Waals surface area contributed by atoms with E-state index in [4.69, 9.17) is 9.84 Å². The average molecular weight is 320 g/mol. The summed E-state index contributed by atoms with van der Waals surface area (Å²) in [6.07, 6.45) is 1.01. The molecule has 1 heterocycles. The zero-order valence-corrected chi connectivity index (χ0v) is 12.9. The van der Waals surface area contributed by atoms with Crippen molar-refractivity contribution in [2.45, 2.75) is 25.4 Å². The maximum absolute atomic E-state index is 12.2. The number of carboxylic acid groups (broad SMARTS) is 1. The molecular formula is C16H20N2O5. The van der Waals surface area contributed by atoms with E-state index < -0.39 is 12.1 Å². The Morgan fingerprint density at radius 3 is 2.83 bits per heavy atom. The van der Waals surface area contributed by atoms with E-state index in [2.05, 4.69) is 5.32 Å². The van der Waals surface area contributed by atoms with Crippen LogP contribution >= 0.6 is 0 Å². The molecule has 124 valence electrons. The lowest BCUT2D eigenvalue weighted by atomic mass is 10.1. The first-order valence-corrected chi connectivity index (χ1v) is 7.47. The molecule has 0 aliphatic carbocycles. The van der Waals surface area contributed by atoms with Gasteiger partial charge in [-0.05, 0) is 31.0 Å². The van der Waals surface area contributed by atoms with E-state index in [0.29, 0.717) is 24.3 Å². The van der Waals surface area contributed by atoms with Crippen molar-refractivity contribution < 1.29 is 24.2 Å². The van der Waals surface area contributed by atoms with Crippen molar-refractivity contribution in [1.29, 1.82) is 0 Å². The van der Waals surface area contributed by atoms with E-state index in [0.717, 1.165) is 6.42 Å². The predicted octanol–water partition coefficient (Wildman–Crippen LogP) is 1.35. The van der Waals surface area contributed by atoms with Gasteiger partial charge in [0.15, 0.2) is 0 Å². The quantitative estimate of drug-likeness (QED) is 0.825. The second-order valence-electron chi connectivity index (χ2n) is 5.44. The number of carboxylic acids is 1. The number of carbonyl (C=O) groups excluding carboxylic acids is 2. The minimum Gasteiger partial charge on any atom is -0.481 e. The van der Waals surface area contributed by atoms with Gasteiger partial charge in [-0.25, -0.2) is 0 Å². The molecule has 0 saturated carbocycles. The van der Waals surface area contributed by atoms with Crippen LogP contribution in [0.25, 0.3) is 0 Å². The van der Waals surface area contributed by atoms with Gasteiger partial charge >= 0.3 is 5.97 Å². The van der Waals surface area contributed by atoms with Crippen molar-refractivity contribution >= 4 is 23.5 Å². The molecule has 1 saturated heterocycles. The molecule has 0 spiro atoms. The first kappa shape index (κ1) is 17.0.